The zero-order valence-corrected chi connectivity index (χ0v) is 14.7. The molecule has 11 heteroatoms. The summed E-state index contributed by atoms with van der Waals surface area (Å²) < 4.78 is -1.14. The van der Waals surface area contributed by atoms with Gasteiger partial charge in [-0.2, -0.15) is 4.79 Å². The normalized spacial score (nSPS) is 10.6. The largest absolute Gasteiger partial charge is 0.591 e. The summed E-state index contributed by atoms with van der Waals surface area (Å²) in [5, 5.41) is 13.3. The molecular formula is C15H12Cl2N2O7. The Kier molecular flexibility index (Phi) is 6.31. The molecule has 26 heavy (non-hydrogen) atoms. The summed E-state index contributed by atoms with van der Waals surface area (Å²) >= 11 is 11.6. The van der Waals surface area contributed by atoms with Crippen LogP contribution in [0.2, 0.25) is 0 Å². The lowest BCUT2D eigenvalue weighted by atomic mass is 10.3. The van der Waals surface area contributed by atoms with Gasteiger partial charge in [0.05, 0.1) is 4.92 Å². The van der Waals surface area contributed by atoms with E-state index in [2.05, 4.69) is 20.0 Å². The Morgan fingerprint density at radius 3 is 1.88 bits per heavy atom. The number of halogens is 2. The average Bonchev–Trinajstić information content (AvgIpc) is 2.58. The van der Waals surface area contributed by atoms with Crippen LogP contribution in [0.5, 0.6) is 11.5 Å². The van der Waals surface area contributed by atoms with Crippen LogP contribution in [-0.4, -0.2) is 15.5 Å². The van der Waals surface area contributed by atoms with Crippen molar-refractivity contribution in [2.75, 3.05) is 5.32 Å². The summed E-state index contributed by atoms with van der Waals surface area (Å²) in [5.74, 6) is 0.266. The summed E-state index contributed by atoms with van der Waals surface area (Å²) in [4.78, 5) is 39.4. The van der Waals surface area contributed by atoms with Gasteiger partial charge in [-0.15, -0.1) is 0 Å². The Hall–Kier alpha value is -2.91. The van der Waals surface area contributed by atoms with E-state index in [0.29, 0.717) is 5.69 Å². The first kappa shape index (κ1) is 19.4. The van der Waals surface area contributed by atoms with Gasteiger partial charge in [0, 0.05) is 17.8 Å². The number of rotatable bonds is 7. The molecule has 9 nitrogen and oxygen atoms in total. The molecule has 0 fully saturated rings. The Balaban J connectivity index is 1.77. The van der Waals surface area contributed by atoms with E-state index in [1.54, 1.807) is 19.1 Å². The fourth-order valence-corrected chi connectivity index (χ4v) is 1.87. The van der Waals surface area contributed by atoms with Crippen molar-refractivity contribution in [1.29, 1.82) is 0 Å². The van der Waals surface area contributed by atoms with Gasteiger partial charge in [-0.05, 0) is 43.3 Å². The molecule has 0 heterocycles. The zero-order chi connectivity index (χ0) is 19.2. The molecule has 0 aliphatic heterocycles. The van der Waals surface area contributed by atoms with Gasteiger partial charge in [0.15, 0.2) is 16.0 Å². The van der Waals surface area contributed by atoms with Crippen LogP contribution in [0.15, 0.2) is 48.5 Å². The van der Waals surface area contributed by atoms with Gasteiger partial charge in [-0.1, -0.05) is 23.2 Å². The number of nitro groups is 1. The van der Waals surface area contributed by atoms with Gasteiger partial charge in [-0.25, -0.2) is 9.78 Å². The molecule has 2 aromatic carbocycles. The molecule has 0 amide bonds. The summed E-state index contributed by atoms with van der Waals surface area (Å²) in [7, 11) is 0. The SMILES string of the molecule is CC(Cl)(Cl)Nc1ccc(OOC(=O)OOc2ccc([N+](=O)[O-])cc2)cc1. The Morgan fingerprint density at radius 1 is 1.00 bits per heavy atom. The van der Waals surface area contributed by atoms with Gasteiger partial charge in [0.1, 0.15) is 0 Å². The summed E-state index contributed by atoms with van der Waals surface area (Å²) in [5.41, 5.74) is 0.485. The maximum atomic E-state index is 11.4. The number of carbonyl (C=O) groups is 1. The number of nitro benzene ring substituents is 1. The van der Waals surface area contributed by atoms with Gasteiger partial charge < -0.3 is 5.32 Å². The smallest absolute Gasteiger partial charge is 0.355 e. The first-order valence-corrected chi connectivity index (χ1v) is 7.72. The molecule has 138 valence electrons. The number of non-ortho nitro benzene ring substituents is 1. The highest BCUT2D eigenvalue weighted by molar-refractivity contribution is 6.49. The fraction of sp³-hybridized carbons (Fsp3) is 0.133. The second-order valence-electron chi connectivity index (χ2n) is 4.87. The second-order valence-corrected chi connectivity index (χ2v) is 6.58. The Morgan fingerprint density at radius 2 is 1.46 bits per heavy atom. The summed E-state index contributed by atoms with van der Waals surface area (Å²) in [6.45, 7) is 1.56. The first-order valence-electron chi connectivity index (χ1n) is 6.96. The molecule has 0 radical (unpaired) electrons. The summed E-state index contributed by atoms with van der Waals surface area (Å²) in [6, 6.07) is 11.0. The quantitative estimate of drug-likeness (QED) is 0.235. The third-order valence-corrected chi connectivity index (χ3v) is 2.87. The van der Waals surface area contributed by atoms with Gasteiger partial charge >= 0.3 is 6.16 Å². The predicted molar refractivity (Wildman–Crippen MR) is 92.1 cm³/mol. The van der Waals surface area contributed by atoms with Crippen molar-refractivity contribution in [3.8, 4) is 11.5 Å². The fourth-order valence-electron chi connectivity index (χ4n) is 1.65. The standard InChI is InChI=1S/C15H12Cl2N2O7/c1-15(16,17)18-10-2-6-12(7-3-10)23-25-14(20)26-24-13-8-4-11(5-9-13)19(21)22/h2-9,18H,1H3. The van der Waals surface area contributed by atoms with Crippen molar-refractivity contribution in [2.24, 2.45) is 0 Å². The highest BCUT2D eigenvalue weighted by Crippen LogP contribution is 2.24. The first-order chi connectivity index (χ1) is 12.2. The van der Waals surface area contributed by atoms with E-state index in [1.807, 2.05) is 0 Å². The highest BCUT2D eigenvalue weighted by Gasteiger charge is 2.15. The molecule has 0 unspecified atom stereocenters. The van der Waals surface area contributed by atoms with Crippen LogP contribution in [0, 0.1) is 10.1 Å². The van der Waals surface area contributed by atoms with Crippen LogP contribution in [0.1, 0.15) is 6.92 Å². The van der Waals surface area contributed by atoms with E-state index in [0.717, 1.165) is 0 Å². The maximum Gasteiger partial charge on any atom is 0.591 e. The van der Waals surface area contributed by atoms with Crippen LogP contribution in [-0.2, 0) is 9.78 Å². The number of anilines is 1. The molecule has 0 saturated carbocycles. The molecule has 0 aliphatic rings. The predicted octanol–water partition coefficient (Wildman–Crippen LogP) is 4.60. The van der Waals surface area contributed by atoms with E-state index < -0.39 is 15.5 Å². The lowest BCUT2D eigenvalue weighted by Crippen LogP contribution is -2.19. The van der Waals surface area contributed by atoms with E-state index in [9.17, 15) is 14.9 Å². The molecule has 1 N–H and O–H groups in total. The molecule has 0 spiro atoms. The van der Waals surface area contributed by atoms with Crippen molar-refractivity contribution < 1.29 is 29.3 Å². The maximum absolute atomic E-state index is 11.4. The minimum absolute atomic E-state index is 0.0631. The number of hydrogen-bond acceptors (Lipinski definition) is 8. The second kappa shape index (κ2) is 8.45. The van der Waals surface area contributed by atoms with E-state index in [4.69, 9.17) is 28.1 Å². The summed E-state index contributed by atoms with van der Waals surface area (Å²) in [6.07, 6.45) is -1.28. The zero-order valence-electron chi connectivity index (χ0n) is 13.2. The number of hydrogen-bond donors (Lipinski definition) is 1. The molecule has 0 atom stereocenters. The van der Waals surface area contributed by atoms with Crippen LogP contribution >= 0.6 is 23.2 Å². The van der Waals surface area contributed by atoms with Crippen LogP contribution in [0.3, 0.4) is 0 Å². The molecule has 0 saturated heterocycles. The van der Waals surface area contributed by atoms with E-state index >= 15 is 0 Å². The average molecular weight is 403 g/mol. The number of benzene rings is 2. The molecular weight excluding hydrogens is 391 g/mol. The minimum atomic E-state index is -1.28. The van der Waals surface area contributed by atoms with Gasteiger partial charge in [-0.3, -0.25) is 19.9 Å². The molecule has 0 bridgehead atoms. The van der Waals surface area contributed by atoms with Gasteiger partial charge in [0.2, 0.25) is 0 Å². The number of carbonyl (C=O) groups excluding carboxylic acids is 1. The minimum Gasteiger partial charge on any atom is -0.355 e. The monoisotopic (exact) mass is 402 g/mol. The van der Waals surface area contributed by atoms with E-state index in [1.165, 1.54) is 36.4 Å². The van der Waals surface area contributed by atoms with Crippen molar-refractivity contribution >= 4 is 40.7 Å². The topological polar surface area (TPSA) is 109 Å². The Labute approximate surface area is 157 Å². The third-order valence-electron chi connectivity index (χ3n) is 2.68. The van der Waals surface area contributed by atoms with Crippen molar-refractivity contribution in [1.82, 2.24) is 0 Å². The lowest BCUT2D eigenvalue weighted by molar-refractivity contribution is -0.384. The lowest BCUT2D eigenvalue weighted by Gasteiger charge is -2.16. The third kappa shape index (κ3) is 6.54. The Bertz CT molecular complexity index is 761. The van der Waals surface area contributed by atoms with Crippen molar-refractivity contribution in [3.05, 3.63) is 58.6 Å². The van der Waals surface area contributed by atoms with Crippen molar-refractivity contribution in [2.45, 2.75) is 11.4 Å². The molecule has 2 aromatic rings. The molecule has 0 aromatic heterocycles. The number of nitrogens with zero attached hydrogens (tertiary/aromatic N) is 1. The number of alkyl halides is 2. The van der Waals surface area contributed by atoms with Gasteiger partial charge in [0.25, 0.3) is 5.69 Å². The van der Waals surface area contributed by atoms with Crippen LogP contribution in [0.4, 0.5) is 16.2 Å². The molecule has 0 aliphatic carbocycles. The van der Waals surface area contributed by atoms with Crippen molar-refractivity contribution in [3.63, 3.8) is 0 Å². The van der Waals surface area contributed by atoms with E-state index in [-0.39, 0.29) is 17.2 Å². The number of nitrogens with one attached hydrogen (secondary N) is 1. The highest BCUT2D eigenvalue weighted by atomic mass is 35.5. The van der Waals surface area contributed by atoms with Crippen LogP contribution in [0.25, 0.3) is 0 Å². The molecule has 2 rings (SSSR count). The van der Waals surface area contributed by atoms with Crippen LogP contribution < -0.4 is 15.1 Å².